The molecule has 0 aliphatic rings. The molecular weight excluding hydrogens is 270 g/mol. The van der Waals surface area contributed by atoms with Gasteiger partial charge in [0.15, 0.2) is 0 Å². The van der Waals surface area contributed by atoms with Crippen LogP contribution >= 0.6 is 0 Å². The Labute approximate surface area is 115 Å². The van der Waals surface area contributed by atoms with E-state index in [1.54, 1.807) is 0 Å². The molecule has 0 spiro atoms. The number of anilines is 1. The predicted molar refractivity (Wildman–Crippen MR) is 68.9 cm³/mol. The van der Waals surface area contributed by atoms with Gasteiger partial charge >= 0.3 is 11.8 Å². The molecule has 0 aliphatic heterocycles. The minimum absolute atomic E-state index is 0.0579. The lowest BCUT2D eigenvalue weighted by Gasteiger charge is -2.10. The Morgan fingerprint density at radius 2 is 1.80 bits per heavy atom. The summed E-state index contributed by atoms with van der Waals surface area (Å²) in [5, 5.41) is 13.7. The molecule has 1 aromatic carbocycles. The van der Waals surface area contributed by atoms with Gasteiger partial charge in [-0.25, -0.2) is 8.78 Å². The highest BCUT2D eigenvalue weighted by atomic mass is 19.1. The zero-order chi connectivity index (χ0) is 15.1. The van der Waals surface area contributed by atoms with Crippen LogP contribution in [0.25, 0.3) is 0 Å². The van der Waals surface area contributed by atoms with Crippen molar-refractivity contribution in [1.82, 2.24) is 5.32 Å². The molecule has 0 fully saturated rings. The molecule has 0 aromatic heterocycles. The minimum Gasteiger partial charge on any atom is -0.391 e. The molecule has 1 unspecified atom stereocenters. The Hall–Kier alpha value is -2.02. The number of amides is 2. The molecule has 1 aromatic rings. The highest BCUT2D eigenvalue weighted by Crippen LogP contribution is 2.12. The maximum atomic E-state index is 12.9. The Morgan fingerprint density at radius 1 is 1.20 bits per heavy atom. The van der Waals surface area contributed by atoms with Crippen LogP contribution in [-0.4, -0.2) is 29.6 Å². The fraction of sp³-hybridized carbons (Fsp3) is 0.385. The van der Waals surface area contributed by atoms with Crippen LogP contribution in [-0.2, 0) is 9.59 Å². The lowest BCUT2D eigenvalue weighted by molar-refractivity contribution is -0.136. The molecule has 2 amide bonds. The first-order valence-corrected chi connectivity index (χ1v) is 6.15. The van der Waals surface area contributed by atoms with E-state index in [0.717, 1.165) is 18.6 Å². The number of hydrogen-bond donors (Lipinski definition) is 3. The van der Waals surface area contributed by atoms with Crippen molar-refractivity contribution in [3.8, 4) is 0 Å². The van der Waals surface area contributed by atoms with E-state index in [4.69, 9.17) is 0 Å². The number of aliphatic hydroxyl groups is 1. The highest BCUT2D eigenvalue weighted by Gasteiger charge is 2.15. The first-order chi connectivity index (χ1) is 9.42. The highest BCUT2D eigenvalue weighted by molar-refractivity contribution is 6.39. The van der Waals surface area contributed by atoms with E-state index in [1.807, 2.05) is 6.92 Å². The number of aliphatic hydroxyl groups excluding tert-OH is 1. The zero-order valence-corrected chi connectivity index (χ0v) is 11.0. The van der Waals surface area contributed by atoms with E-state index in [2.05, 4.69) is 10.6 Å². The average Bonchev–Trinajstić information content (AvgIpc) is 2.34. The van der Waals surface area contributed by atoms with E-state index in [9.17, 15) is 23.5 Å². The van der Waals surface area contributed by atoms with Crippen LogP contribution in [0.5, 0.6) is 0 Å². The average molecular weight is 286 g/mol. The fourth-order valence-corrected chi connectivity index (χ4v) is 1.54. The van der Waals surface area contributed by atoms with Crippen LogP contribution in [0.2, 0.25) is 0 Å². The summed E-state index contributed by atoms with van der Waals surface area (Å²) in [6, 6.07) is 2.43. The van der Waals surface area contributed by atoms with Crippen LogP contribution in [0.15, 0.2) is 18.2 Å². The predicted octanol–water partition coefficient (Wildman–Crippen LogP) is 1.18. The van der Waals surface area contributed by atoms with E-state index >= 15 is 0 Å². The summed E-state index contributed by atoms with van der Waals surface area (Å²) in [5.74, 6) is -3.76. The Bertz CT molecular complexity index is 474. The number of hydrogen-bond acceptors (Lipinski definition) is 3. The minimum atomic E-state index is -1.06. The maximum Gasteiger partial charge on any atom is 0.313 e. The molecular formula is C13H16F2N2O3. The molecule has 0 bridgehead atoms. The number of carbonyl (C=O) groups is 2. The molecule has 0 aliphatic carbocycles. The van der Waals surface area contributed by atoms with Crippen LogP contribution < -0.4 is 10.6 Å². The monoisotopic (exact) mass is 286 g/mol. The molecule has 20 heavy (non-hydrogen) atoms. The van der Waals surface area contributed by atoms with Gasteiger partial charge in [0, 0.05) is 18.3 Å². The van der Waals surface area contributed by atoms with Gasteiger partial charge in [0.25, 0.3) is 0 Å². The summed E-state index contributed by atoms with van der Waals surface area (Å²) in [6.45, 7) is 1.81. The van der Waals surface area contributed by atoms with Crippen molar-refractivity contribution < 1.29 is 23.5 Å². The van der Waals surface area contributed by atoms with Crippen LogP contribution in [0.1, 0.15) is 19.8 Å². The maximum absolute atomic E-state index is 12.9. The number of nitrogens with one attached hydrogen (secondary N) is 2. The van der Waals surface area contributed by atoms with Crippen molar-refractivity contribution >= 4 is 17.5 Å². The van der Waals surface area contributed by atoms with Crippen molar-refractivity contribution in [2.24, 2.45) is 0 Å². The second-order valence-electron chi connectivity index (χ2n) is 4.26. The molecule has 0 radical (unpaired) electrons. The summed E-state index contributed by atoms with van der Waals surface area (Å²) in [7, 11) is 0. The smallest absolute Gasteiger partial charge is 0.313 e. The molecule has 0 saturated heterocycles. The van der Waals surface area contributed by atoms with Crippen molar-refractivity contribution in [2.75, 3.05) is 11.9 Å². The molecule has 0 saturated carbocycles. The molecule has 1 rings (SSSR count). The van der Waals surface area contributed by atoms with Crippen LogP contribution in [0, 0.1) is 11.6 Å². The Kier molecular flexibility index (Phi) is 6.05. The third kappa shape index (κ3) is 5.31. The molecule has 3 N–H and O–H groups in total. The number of benzene rings is 1. The van der Waals surface area contributed by atoms with E-state index in [0.29, 0.717) is 12.5 Å². The van der Waals surface area contributed by atoms with Gasteiger partial charge in [0.2, 0.25) is 0 Å². The second-order valence-corrected chi connectivity index (χ2v) is 4.26. The van der Waals surface area contributed by atoms with Gasteiger partial charge in [-0.05, 0) is 18.6 Å². The van der Waals surface area contributed by atoms with Crippen LogP contribution in [0.4, 0.5) is 14.5 Å². The number of rotatable bonds is 5. The van der Waals surface area contributed by atoms with Gasteiger partial charge < -0.3 is 15.7 Å². The number of carbonyl (C=O) groups excluding carboxylic acids is 2. The van der Waals surface area contributed by atoms with E-state index in [1.165, 1.54) is 0 Å². The third-order valence-electron chi connectivity index (χ3n) is 2.45. The summed E-state index contributed by atoms with van der Waals surface area (Å²) in [6.07, 6.45) is 0.506. The standard InChI is InChI=1S/C13H16F2N2O3/c1-2-3-11(18)7-16-12(19)13(20)17-10-5-8(14)4-9(15)6-10/h4-6,11,18H,2-3,7H2,1H3,(H,16,19)(H,17,20). The fourth-order valence-electron chi connectivity index (χ4n) is 1.54. The van der Waals surface area contributed by atoms with Crippen molar-refractivity contribution in [3.63, 3.8) is 0 Å². The van der Waals surface area contributed by atoms with Gasteiger partial charge in [0.1, 0.15) is 11.6 Å². The first kappa shape index (κ1) is 16.0. The first-order valence-electron chi connectivity index (χ1n) is 6.15. The Morgan fingerprint density at radius 3 is 2.35 bits per heavy atom. The summed E-state index contributed by atoms with van der Waals surface area (Å²) in [5.41, 5.74) is -0.156. The molecule has 0 heterocycles. The molecule has 1 atom stereocenters. The van der Waals surface area contributed by atoms with Crippen LogP contribution in [0.3, 0.4) is 0 Å². The van der Waals surface area contributed by atoms with Gasteiger partial charge in [-0.15, -0.1) is 0 Å². The molecule has 110 valence electrons. The quantitative estimate of drug-likeness (QED) is 0.711. The molecule has 7 heteroatoms. The summed E-state index contributed by atoms with van der Waals surface area (Å²) < 4.78 is 25.8. The zero-order valence-electron chi connectivity index (χ0n) is 11.0. The Balaban J connectivity index is 2.51. The van der Waals surface area contributed by atoms with E-state index < -0.39 is 29.6 Å². The lowest BCUT2D eigenvalue weighted by Crippen LogP contribution is -2.39. The molecule has 5 nitrogen and oxygen atoms in total. The summed E-state index contributed by atoms with van der Waals surface area (Å²) >= 11 is 0. The lowest BCUT2D eigenvalue weighted by atomic mass is 10.2. The topological polar surface area (TPSA) is 78.4 Å². The second kappa shape index (κ2) is 7.54. The van der Waals surface area contributed by atoms with Crippen molar-refractivity contribution in [1.29, 1.82) is 0 Å². The normalized spacial score (nSPS) is 11.8. The van der Waals surface area contributed by atoms with Gasteiger partial charge in [-0.1, -0.05) is 13.3 Å². The number of halogens is 2. The van der Waals surface area contributed by atoms with Gasteiger partial charge in [-0.3, -0.25) is 9.59 Å². The summed E-state index contributed by atoms with van der Waals surface area (Å²) in [4.78, 5) is 22.9. The van der Waals surface area contributed by atoms with Gasteiger partial charge in [0.05, 0.1) is 6.10 Å². The SMILES string of the molecule is CCCC(O)CNC(=O)C(=O)Nc1cc(F)cc(F)c1. The largest absolute Gasteiger partial charge is 0.391 e. The van der Waals surface area contributed by atoms with Crippen molar-refractivity contribution in [3.05, 3.63) is 29.8 Å². The third-order valence-corrected chi connectivity index (χ3v) is 2.45. The van der Waals surface area contributed by atoms with E-state index in [-0.39, 0.29) is 12.2 Å². The van der Waals surface area contributed by atoms with Crippen molar-refractivity contribution in [2.45, 2.75) is 25.9 Å². The van der Waals surface area contributed by atoms with Gasteiger partial charge in [-0.2, -0.15) is 0 Å².